The van der Waals surface area contributed by atoms with Gasteiger partial charge in [0.15, 0.2) is 5.96 Å². The number of guanidine groups is 1. The van der Waals surface area contributed by atoms with Gasteiger partial charge < -0.3 is 15.4 Å². The highest BCUT2D eigenvalue weighted by Gasteiger charge is 2.07. The first-order chi connectivity index (χ1) is 11.6. The van der Waals surface area contributed by atoms with Crippen molar-refractivity contribution in [3.8, 4) is 5.75 Å². The van der Waals surface area contributed by atoms with E-state index < -0.39 is 0 Å². The van der Waals surface area contributed by atoms with Crippen LogP contribution in [0.1, 0.15) is 11.1 Å². The highest BCUT2D eigenvalue weighted by molar-refractivity contribution is 6.31. The summed E-state index contributed by atoms with van der Waals surface area (Å²) in [5.41, 5.74) is 1.62. The highest BCUT2D eigenvalue weighted by Crippen LogP contribution is 2.18. The number of nitrogens with zero attached hydrogens (tertiary/aromatic N) is 1. The average Bonchev–Trinajstić information content (AvgIpc) is 2.60. The van der Waals surface area contributed by atoms with Crippen molar-refractivity contribution in [2.75, 3.05) is 20.7 Å². The molecule has 128 valence electrons. The molecule has 2 aromatic carbocycles. The number of hydrogen-bond donors (Lipinski definition) is 2. The standard InChI is InChI=1S/C18H21ClFN3O/c1-21-18(23-12-13-6-8-14(24-2)9-7-13)22-11-10-15-16(19)4-3-5-17(15)20/h3-9H,10-12H2,1-2H3,(H2,21,22,23). The highest BCUT2D eigenvalue weighted by atomic mass is 35.5. The molecule has 2 rings (SSSR count). The van der Waals surface area contributed by atoms with Crippen molar-refractivity contribution in [2.45, 2.75) is 13.0 Å². The fourth-order valence-corrected chi connectivity index (χ4v) is 2.48. The summed E-state index contributed by atoms with van der Waals surface area (Å²) in [6, 6.07) is 12.5. The Balaban J connectivity index is 1.82. The van der Waals surface area contributed by atoms with Crippen LogP contribution < -0.4 is 15.4 Å². The molecule has 0 aromatic heterocycles. The van der Waals surface area contributed by atoms with Crippen molar-refractivity contribution in [3.05, 3.63) is 64.4 Å². The Morgan fingerprint density at radius 2 is 1.92 bits per heavy atom. The summed E-state index contributed by atoms with van der Waals surface area (Å²) < 4.78 is 18.9. The number of ether oxygens (including phenoxy) is 1. The lowest BCUT2D eigenvalue weighted by Gasteiger charge is -2.13. The van der Waals surface area contributed by atoms with Crippen molar-refractivity contribution < 1.29 is 9.13 Å². The van der Waals surface area contributed by atoms with Gasteiger partial charge in [0, 0.05) is 30.7 Å². The predicted octanol–water partition coefficient (Wildman–Crippen LogP) is 3.40. The number of aliphatic imine (C=N–C) groups is 1. The third-order valence-electron chi connectivity index (χ3n) is 3.57. The van der Waals surface area contributed by atoms with E-state index in [9.17, 15) is 4.39 Å². The summed E-state index contributed by atoms with van der Waals surface area (Å²) in [6.07, 6.45) is 0.481. The molecule has 0 aliphatic rings. The van der Waals surface area contributed by atoms with Crippen LogP contribution >= 0.6 is 11.6 Å². The van der Waals surface area contributed by atoms with E-state index in [-0.39, 0.29) is 5.82 Å². The molecule has 0 bridgehead atoms. The summed E-state index contributed by atoms with van der Waals surface area (Å²) in [4.78, 5) is 4.16. The molecule has 0 saturated heterocycles. The molecule has 6 heteroatoms. The average molecular weight is 350 g/mol. The molecular formula is C18H21ClFN3O. The van der Waals surface area contributed by atoms with Crippen LogP contribution in [0.4, 0.5) is 4.39 Å². The van der Waals surface area contributed by atoms with Gasteiger partial charge in [-0.25, -0.2) is 4.39 Å². The molecule has 0 saturated carbocycles. The molecule has 0 fully saturated rings. The first-order valence-corrected chi connectivity index (χ1v) is 8.02. The topological polar surface area (TPSA) is 45.7 Å². The van der Waals surface area contributed by atoms with Gasteiger partial charge in [-0.3, -0.25) is 4.99 Å². The first kappa shape index (κ1) is 18.1. The fraction of sp³-hybridized carbons (Fsp3) is 0.278. The van der Waals surface area contributed by atoms with Crippen LogP contribution in [-0.2, 0) is 13.0 Å². The van der Waals surface area contributed by atoms with Gasteiger partial charge in [0.25, 0.3) is 0 Å². The van der Waals surface area contributed by atoms with Gasteiger partial charge in [0.05, 0.1) is 7.11 Å². The molecular weight excluding hydrogens is 329 g/mol. The Morgan fingerprint density at radius 1 is 1.17 bits per heavy atom. The van der Waals surface area contributed by atoms with Crippen molar-refractivity contribution in [2.24, 2.45) is 4.99 Å². The van der Waals surface area contributed by atoms with Crippen LogP contribution in [0.3, 0.4) is 0 Å². The SMILES string of the molecule is CN=C(NCCc1c(F)cccc1Cl)NCc1ccc(OC)cc1. The fourth-order valence-electron chi connectivity index (χ4n) is 2.23. The van der Waals surface area contributed by atoms with Crippen molar-refractivity contribution in [1.29, 1.82) is 0 Å². The molecule has 0 aliphatic heterocycles. The van der Waals surface area contributed by atoms with Crippen LogP contribution in [-0.4, -0.2) is 26.7 Å². The number of nitrogens with one attached hydrogen (secondary N) is 2. The van der Waals surface area contributed by atoms with Crippen LogP contribution in [0, 0.1) is 5.82 Å². The quantitative estimate of drug-likeness (QED) is 0.620. The Morgan fingerprint density at radius 3 is 2.54 bits per heavy atom. The van der Waals surface area contributed by atoms with E-state index in [2.05, 4.69) is 15.6 Å². The lowest BCUT2D eigenvalue weighted by atomic mass is 10.1. The van der Waals surface area contributed by atoms with E-state index in [0.717, 1.165) is 11.3 Å². The first-order valence-electron chi connectivity index (χ1n) is 7.64. The molecule has 2 N–H and O–H groups in total. The molecule has 0 aliphatic carbocycles. The second-order valence-electron chi connectivity index (χ2n) is 5.15. The number of methoxy groups -OCH3 is 1. The Bertz CT molecular complexity index is 669. The molecule has 0 heterocycles. The van der Waals surface area contributed by atoms with Crippen LogP contribution in [0.5, 0.6) is 5.75 Å². The largest absolute Gasteiger partial charge is 0.497 e. The molecule has 2 aromatic rings. The van der Waals surface area contributed by atoms with Crippen molar-refractivity contribution >= 4 is 17.6 Å². The van der Waals surface area contributed by atoms with Crippen LogP contribution in [0.15, 0.2) is 47.5 Å². The lowest BCUT2D eigenvalue weighted by molar-refractivity contribution is 0.414. The van der Waals surface area contributed by atoms with E-state index in [1.807, 2.05) is 24.3 Å². The number of rotatable bonds is 6. The number of halogens is 2. The molecule has 0 atom stereocenters. The van der Waals surface area contributed by atoms with Gasteiger partial charge >= 0.3 is 0 Å². The number of hydrogen-bond acceptors (Lipinski definition) is 2. The van der Waals surface area contributed by atoms with Gasteiger partial charge in [-0.2, -0.15) is 0 Å². The number of benzene rings is 2. The van der Waals surface area contributed by atoms with E-state index in [4.69, 9.17) is 16.3 Å². The zero-order chi connectivity index (χ0) is 17.4. The minimum atomic E-state index is -0.287. The van der Waals surface area contributed by atoms with Crippen LogP contribution in [0.2, 0.25) is 5.02 Å². The molecule has 0 radical (unpaired) electrons. The smallest absolute Gasteiger partial charge is 0.191 e. The molecule has 0 amide bonds. The summed E-state index contributed by atoms with van der Waals surface area (Å²) >= 11 is 6.02. The van der Waals surface area contributed by atoms with Crippen molar-refractivity contribution in [3.63, 3.8) is 0 Å². The van der Waals surface area contributed by atoms with Gasteiger partial charge in [0.2, 0.25) is 0 Å². The molecule has 0 unspecified atom stereocenters. The van der Waals surface area contributed by atoms with Gasteiger partial charge in [0.1, 0.15) is 11.6 Å². The second-order valence-corrected chi connectivity index (χ2v) is 5.56. The maximum Gasteiger partial charge on any atom is 0.191 e. The van der Waals surface area contributed by atoms with Gasteiger partial charge in [-0.15, -0.1) is 0 Å². The van der Waals surface area contributed by atoms with E-state index in [1.54, 1.807) is 26.3 Å². The third-order valence-corrected chi connectivity index (χ3v) is 3.93. The van der Waals surface area contributed by atoms with E-state index in [0.29, 0.717) is 36.1 Å². The Hall–Kier alpha value is -2.27. The maximum absolute atomic E-state index is 13.7. The minimum Gasteiger partial charge on any atom is -0.497 e. The van der Waals surface area contributed by atoms with E-state index >= 15 is 0 Å². The van der Waals surface area contributed by atoms with Gasteiger partial charge in [-0.05, 0) is 36.2 Å². The minimum absolute atomic E-state index is 0.287. The van der Waals surface area contributed by atoms with E-state index in [1.165, 1.54) is 6.07 Å². The molecule has 24 heavy (non-hydrogen) atoms. The summed E-state index contributed by atoms with van der Waals surface area (Å²) in [5, 5.41) is 6.81. The van der Waals surface area contributed by atoms with Crippen LogP contribution in [0.25, 0.3) is 0 Å². The zero-order valence-corrected chi connectivity index (χ0v) is 14.5. The summed E-state index contributed by atoms with van der Waals surface area (Å²) in [7, 11) is 3.33. The van der Waals surface area contributed by atoms with Crippen molar-refractivity contribution in [1.82, 2.24) is 10.6 Å². The summed E-state index contributed by atoms with van der Waals surface area (Å²) in [5.74, 6) is 1.19. The predicted molar refractivity (Wildman–Crippen MR) is 96.3 cm³/mol. The Labute approximate surface area is 146 Å². The van der Waals surface area contributed by atoms with Gasteiger partial charge in [-0.1, -0.05) is 29.8 Å². The molecule has 4 nitrogen and oxygen atoms in total. The zero-order valence-electron chi connectivity index (χ0n) is 13.8. The third kappa shape index (κ3) is 5.13. The maximum atomic E-state index is 13.7. The lowest BCUT2D eigenvalue weighted by Crippen LogP contribution is -2.37. The monoisotopic (exact) mass is 349 g/mol. The molecule has 0 spiro atoms. The second kappa shape index (κ2) is 9.13. The Kier molecular flexibility index (Phi) is 6.88. The summed E-state index contributed by atoms with van der Waals surface area (Å²) in [6.45, 7) is 1.16. The normalized spacial score (nSPS) is 11.2.